The first kappa shape index (κ1) is 12.4. The van der Waals surface area contributed by atoms with Crippen LogP contribution in [0.15, 0.2) is 11.2 Å². The second-order valence-electron chi connectivity index (χ2n) is 4.09. The molecule has 1 fully saturated rings. The van der Waals surface area contributed by atoms with Crippen LogP contribution in [0.25, 0.3) is 0 Å². The highest BCUT2D eigenvalue weighted by Crippen LogP contribution is 2.22. The van der Waals surface area contributed by atoms with Crippen LogP contribution >= 0.6 is 11.8 Å². The zero-order valence-corrected chi connectivity index (χ0v) is 11.0. The molecular weight excluding hydrogens is 236 g/mol. The smallest absolute Gasteiger partial charge is 0.191 e. The minimum atomic E-state index is 0.479. The fraction of sp³-hybridized carbons (Fsp3) is 0.636. The van der Waals surface area contributed by atoms with Gasteiger partial charge in [-0.15, -0.1) is 0 Å². The van der Waals surface area contributed by atoms with E-state index >= 15 is 0 Å². The molecule has 1 aromatic rings. The fourth-order valence-corrected chi connectivity index (χ4v) is 2.34. The third-order valence-electron chi connectivity index (χ3n) is 2.99. The van der Waals surface area contributed by atoms with Gasteiger partial charge >= 0.3 is 0 Å². The van der Waals surface area contributed by atoms with Gasteiger partial charge in [0.1, 0.15) is 11.6 Å². The van der Waals surface area contributed by atoms with Crippen molar-refractivity contribution in [2.24, 2.45) is 0 Å². The molecule has 1 aromatic heterocycles. The predicted molar refractivity (Wildman–Crippen MR) is 70.5 cm³/mol. The van der Waals surface area contributed by atoms with Crippen LogP contribution < -0.4 is 10.6 Å². The van der Waals surface area contributed by atoms with Crippen molar-refractivity contribution in [3.8, 4) is 0 Å². The van der Waals surface area contributed by atoms with Gasteiger partial charge in [0.05, 0.1) is 0 Å². The van der Waals surface area contributed by atoms with Crippen molar-refractivity contribution in [2.75, 3.05) is 37.2 Å². The third kappa shape index (κ3) is 3.01. The molecule has 5 nitrogen and oxygen atoms in total. The number of nitrogens with zero attached hydrogens (tertiary/aromatic N) is 3. The van der Waals surface area contributed by atoms with Gasteiger partial charge in [-0.05, 0) is 19.1 Å². The zero-order chi connectivity index (χ0) is 12.3. The molecule has 0 amide bonds. The van der Waals surface area contributed by atoms with Gasteiger partial charge in [0.2, 0.25) is 0 Å². The maximum absolute atomic E-state index is 5.79. The van der Waals surface area contributed by atoms with Crippen molar-refractivity contribution in [2.45, 2.75) is 24.0 Å². The van der Waals surface area contributed by atoms with Crippen LogP contribution in [-0.4, -0.2) is 42.5 Å². The largest absolute Gasteiger partial charge is 0.383 e. The van der Waals surface area contributed by atoms with Crippen molar-refractivity contribution in [3.63, 3.8) is 0 Å². The number of hydrogen-bond acceptors (Lipinski definition) is 6. The number of nitrogens with two attached hydrogens (primary N) is 1. The van der Waals surface area contributed by atoms with Crippen LogP contribution in [0.5, 0.6) is 0 Å². The van der Waals surface area contributed by atoms with Crippen LogP contribution in [-0.2, 0) is 4.74 Å². The normalized spacial score (nSPS) is 17.1. The lowest BCUT2D eigenvalue weighted by Crippen LogP contribution is -2.37. The summed E-state index contributed by atoms with van der Waals surface area (Å²) in [5, 5.41) is 0.721. The maximum Gasteiger partial charge on any atom is 0.191 e. The SMILES string of the molecule is CSc1nc(N)cc(N(C)C2CCOCC2)n1. The molecule has 0 spiro atoms. The first-order chi connectivity index (χ1) is 8.20. The second-order valence-corrected chi connectivity index (χ2v) is 4.87. The molecule has 1 saturated heterocycles. The lowest BCUT2D eigenvalue weighted by molar-refractivity contribution is 0.0853. The van der Waals surface area contributed by atoms with E-state index in [0.717, 1.165) is 37.0 Å². The minimum absolute atomic E-state index is 0.479. The Balaban J connectivity index is 2.17. The van der Waals surface area contributed by atoms with Crippen LogP contribution in [0, 0.1) is 0 Å². The quantitative estimate of drug-likeness (QED) is 0.649. The molecule has 0 bridgehead atoms. The summed E-state index contributed by atoms with van der Waals surface area (Å²) >= 11 is 1.51. The summed E-state index contributed by atoms with van der Waals surface area (Å²) in [6.45, 7) is 1.65. The van der Waals surface area contributed by atoms with Gasteiger partial charge < -0.3 is 15.4 Å². The molecule has 1 aliphatic rings. The van der Waals surface area contributed by atoms with Crippen LogP contribution in [0.3, 0.4) is 0 Å². The van der Waals surface area contributed by atoms with Gasteiger partial charge in [-0.25, -0.2) is 9.97 Å². The Morgan fingerprint density at radius 2 is 2.12 bits per heavy atom. The summed E-state index contributed by atoms with van der Waals surface area (Å²) in [4.78, 5) is 10.8. The monoisotopic (exact) mass is 254 g/mol. The van der Waals surface area contributed by atoms with E-state index in [1.165, 1.54) is 11.8 Å². The first-order valence-electron chi connectivity index (χ1n) is 5.70. The van der Waals surface area contributed by atoms with Crippen molar-refractivity contribution in [3.05, 3.63) is 6.07 Å². The Morgan fingerprint density at radius 3 is 2.76 bits per heavy atom. The Morgan fingerprint density at radius 1 is 1.41 bits per heavy atom. The molecule has 0 radical (unpaired) electrons. The zero-order valence-electron chi connectivity index (χ0n) is 10.2. The molecule has 6 heteroatoms. The highest BCUT2D eigenvalue weighted by molar-refractivity contribution is 7.98. The van der Waals surface area contributed by atoms with Gasteiger partial charge in [0, 0.05) is 32.4 Å². The second kappa shape index (κ2) is 5.55. The average molecular weight is 254 g/mol. The van der Waals surface area contributed by atoms with Crippen LogP contribution in [0.4, 0.5) is 11.6 Å². The van der Waals surface area contributed by atoms with E-state index in [-0.39, 0.29) is 0 Å². The topological polar surface area (TPSA) is 64.3 Å². The summed E-state index contributed by atoms with van der Waals surface area (Å²) in [6, 6.07) is 2.31. The van der Waals surface area contributed by atoms with E-state index in [1.54, 1.807) is 0 Å². The number of rotatable bonds is 3. The van der Waals surface area contributed by atoms with Crippen molar-refractivity contribution in [1.29, 1.82) is 0 Å². The van der Waals surface area contributed by atoms with E-state index in [1.807, 2.05) is 12.3 Å². The maximum atomic E-state index is 5.79. The number of anilines is 2. The Hall–Kier alpha value is -1.01. The molecular formula is C11H18N4OS. The first-order valence-corrected chi connectivity index (χ1v) is 6.92. The Labute approximate surface area is 106 Å². The lowest BCUT2D eigenvalue weighted by atomic mass is 10.1. The van der Waals surface area contributed by atoms with E-state index in [4.69, 9.17) is 10.5 Å². The van der Waals surface area contributed by atoms with Gasteiger partial charge in [0.15, 0.2) is 5.16 Å². The molecule has 0 saturated carbocycles. The van der Waals surface area contributed by atoms with Gasteiger partial charge in [-0.2, -0.15) is 0 Å². The number of thioether (sulfide) groups is 1. The summed E-state index contributed by atoms with van der Waals surface area (Å²) in [7, 11) is 2.06. The minimum Gasteiger partial charge on any atom is -0.383 e. The molecule has 0 unspecified atom stereocenters. The third-order valence-corrected chi connectivity index (χ3v) is 3.54. The van der Waals surface area contributed by atoms with Gasteiger partial charge in [-0.1, -0.05) is 11.8 Å². The van der Waals surface area contributed by atoms with Crippen molar-refractivity contribution >= 4 is 23.4 Å². The van der Waals surface area contributed by atoms with Crippen molar-refractivity contribution < 1.29 is 4.74 Å². The van der Waals surface area contributed by atoms with Crippen LogP contribution in [0.2, 0.25) is 0 Å². The number of aromatic nitrogens is 2. The van der Waals surface area contributed by atoms with Crippen molar-refractivity contribution in [1.82, 2.24) is 9.97 Å². The van der Waals surface area contributed by atoms with E-state index < -0.39 is 0 Å². The standard InChI is InChI=1S/C11H18N4OS/c1-15(8-3-5-16-6-4-8)10-7-9(12)13-11(14-10)17-2/h7-8H,3-6H2,1-2H3,(H2,12,13,14). The summed E-state index contributed by atoms with van der Waals surface area (Å²) in [5.41, 5.74) is 5.79. The lowest BCUT2D eigenvalue weighted by Gasteiger charge is -2.32. The average Bonchev–Trinajstić information content (AvgIpc) is 2.38. The molecule has 1 aliphatic heterocycles. The molecule has 0 atom stereocenters. The molecule has 2 N–H and O–H groups in total. The number of hydrogen-bond donors (Lipinski definition) is 1. The molecule has 0 aliphatic carbocycles. The number of ether oxygens (including phenoxy) is 1. The van der Waals surface area contributed by atoms with Gasteiger partial charge in [-0.3, -0.25) is 0 Å². The highest BCUT2D eigenvalue weighted by Gasteiger charge is 2.20. The van der Waals surface area contributed by atoms with Crippen LogP contribution in [0.1, 0.15) is 12.8 Å². The Bertz CT molecular complexity index is 382. The Kier molecular flexibility index (Phi) is 4.06. The predicted octanol–water partition coefficient (Wildman–Crippen LogP) is 1.40. The summed E-state index contributed by atoms with van der Waals surface area (Å²) in [5.74, 6) is 1.42. The summed E-state index contributed by atoms with van der Waals surface area (Å²) < 4.78 is 5.37. The van der Waals surface area contributed by atoms with E-state index in [2.05, 4.69) is 21.9 Å². The number of nitrogen functional groups attached to an aromatic ring is 1. The summed E-state index contributed by atoms with van der Waals surface area (Å²) in [6.07, 6.45) is 4.02. The molecule has 2 heterocycles. The molecule has 0 aromatic carbocycles. The fourth-order valence-electron chi connectivity index (χ4n) is 1.96. The highest BCUT2D eigenvalue weighted by atomic mass is 32.2. The van der Waals surface area contributed by atoms with E-state index in [0.29, 0.717) is 11.9 Å². The molecule has 17 heavy (non-hydrogen) atoms. The van der Waals surface area contributed by atoms with E-state index in [9.17, 15) is 0 Å². The molecule has 94 valence electrons. The molecule has 2 rings (SSSR count). The van der Waals surface area contributed by atoms with Gasteiger partial charge in [0.25, 0.3) is 0 Å².